The summed E-state index contributed by atoms with van der Waals surface area (Å²) in [6.45, 7) is 4.32. The lowest BCUT2D eigenvalue weighted by Crippen LogP contribution is -2.29. The molecule has 7 nitrogen and oxygen atoms in total. The van der Waals surface area contributed by atoms with Crippen molar-refractivity contribution < 1.29 is 13.7 Å². The van der Waals surface area contributed by atoms with Gasteiger partial charge in [0.05, 0.1) is 5.39 Å². The minimum atomic E-state index is -0.365. The molecule has 0 saturated heterocycles. The van der Waals surface area contributed by atoms with Gasteiger partial charge in [0, 0.05) is 32.0 Å². The van der Waals surface area contributed by atoms with Crippen molar-refractivity contribution in [2.24, 2.45) is 0 Å². The summed E-state index contributed by atoms with van der Waals surface area (Å²) in [5.74, 6) is 0.929. The number of hydrogen-bond acceptors (Lipinski definition) is 6. The zero-order chi connectivity index (χ0) is 18.0. The summed E-state index contributed by atoms with van der Waals surface area (Å²) in [7, 11) is 1.64. The van der Waals surface area contributed by atoms with E-state index in [0.29, 0.717) is 35.6 Å². The molecule has 0 aliphatic heterocycles. The predicted octanol–water partition coefficient (Wildman–Crippen LogP) is 2.61. The molecule has 0 unspecified atom stereocenters. The minimum Gasteiger partial charge on any atom is -0.451 e. The Morgan fingerprint density at radius 2 is 2.04 bits per heavy atom. The molecule has 1 aromatic carbocycles. The maximum absolute atomic E-state index is 12.5. The van der Waals surface area contributed by atoms with Gasteiger partial charge in [-0.15, -0.1) is 0 Å². The van der Waals surface area contributed by atoms with Gasteiger partial charge in [-0.05, 0) is 12.1 Å². The molecule has 0 fully saturated rings. The van der Waals surface area contributed by atoms with Crippen molar-refractivity contribution in [2.75, 3.05) is 13.6 Å². The van der Waals surface area contributed by atoms with E-state index < -0.39 is 0 Å². The van der Waals surface area contributed by atoms with Crippen molar-refractivity contribution in [1.29, 1.82) is 0 Å². The van der Waals surface area contributed by atoms with Gasteiger partial charge in [0.25, 0.3) is 5.91 Å². The Bertz CT molecular complexity index is 958. The van der Waals surface area contributed by atoms with Crippen LogP contribution in [0.15, 0.2) is 44.1 Å². The van der Waals surface area contributed by atoms with Crippen molar-refractivity contribution >= 4 is 16.9 Å². The highest BCUT2D eigenvalue weighted by Crippen LogP contribution is 2.14. The number of benzene rings is 1. The van der Waals surface area contributed by atoms with Gasteiger partial charge in [0.1, 0.15) is 5.58 Å². The van der Waals surface area contributed by atoms with Crippen LogP contribution >= 0.6 is 0 Å². The first-order valence-electron chi connectivity index (χ1n) is 8.06. The maximum Gasteiger partial charge on any atom is 0.289 e. The number of hydrogen-bond donors (Lipinski definition) is 0. The van der Waals surface area contributed by atoms with Crippen molar-refractivity contribution in [3.05, 3.63) is 58.0 Å². The highest BCUT2D eigenvalue weighted by molar-refractivity contribution is 5.93. The molecule has 0 aliphatic rings. The van der Waals surface area contributed by atoms with Crippen LogP contribution in [-0.4, -0.2) is 34.5 Å². The summed E-state index contributed by atoms with van der Waals surface area (Å²) in [5, 5.41) is 4.35. The van der Waals surface area contributed by atoms with Gasteiger partial charge >= 0.3 is 0 Å². The number of aromatic nitrogens is 2. The fourth-order valence-corrected chi connectivity index (χ4v) is 2.37. The first kappa shape index (κ1) is 16.9. The van der Waals surface area contributed by atoms with E-state index in [1.165, 1.54) is 11.0 Å². The number of likely N-dealkylation sites (N-methyl/N-ethyl adjacent to an activating group) is 1. The monoisotopic (exact) mass is 341 g/mol. The maximum atomic E-state index is 12.5. The molecule has 0 radical (unpaired) electrons. The summed E-state index contributed by atoms with van der Waals surface area (Å²) in [5.41, 5.74) is 0.157. The number of amides is 1. The Morgan fingerprint density at radius 1 is 1.28 bits per heavy atom. The van der Waals surface area contributed by atoms with Crippen LogP contribution in [0.5, 0.6) is 0 Å². The van der Waals surface area contributed by atoms with E-state index in [2.05, 4.69) is 10.1 Å². The van der Waals surface area contributed by atoms with Gasteiger partial charge in [0.15, 0.2) is 17.0 Å². The average molecular weight is 341 g/mol. The van der Waals surface area contributed by atoms with Gasteiger partial charge < -0.3 is 13.8 Å². The average Bonchev–Trinajstić information content (AvgIpc) is 3.08. The first-order chi connectivity index (χ1) is 12.0. The van der Waals surface area contributed by atoms with Crippen LogP contribution in [0.1, 0.15) is 42.0 Å². The van der Waals surface area contributed by atoms with Gasteiger partial charge in [-0.2, -0.15) is 4.98 Å². The Balaban J connectivity index is 1.72. The summed E-state index contributed by atoms with van der Waals surface area (Å²) < 4.78 is 10.7. The first-order valence-corrected chi connectivity index (χ1v) is 8.06. The quantitative estimate of drug-likeness (QED) is 0.708. The Morgan fingerprint density at radius 3 is 2.76 bits per heavy atom. The van der Waals surface area contributed by atoms with Gasteiger partial charge in [-0.1, -0.05) is 31.1 Å². The molecular weight excluding hydrogens is 322 g/mol. The number of carbonyl (C=O) groups is 1. The minimum absolute atomic E-state index is 0.0159. The van der Waals surface area contributed by atoms with Crippen molar-refractivity contribution in [2.45, 2.75) is 26.2 Å². The number of carbonyl (C=O) groups excluding carboxylic acids is 1. The molecule has 0 spiro atoms. The molecule has 0 atom stereocenters. The number of fused-ring (bicyclic) bond motifs is 1. The Hall–Kier alpha value is -2.96. The second-order valence-corrected chi connectivity index (χ2v) is 6.15. The van der Waals surface area contributed by atoms with Gasteiger partial charge in [-0.25, -0.2) is 0 Å². The Kier molecular flexibility index (Phi) is 4.65. The van der Waals surface area contributed by atoms with Crippen LogP contribution in [0.2, 0.25) is 0 Å². The van der Waals surface area contributed by atoms with E-state index in [1.807, 2.05) is 13.8 Å². The van der Waals surface area contributed by atoms with E-state index in [1.54, 1.807) is 31.3 Å². The SMILES string of the molecule is CC(C)c1nc(CCN(C)C(=O)c2cc(=O)c3ccccc3o2)no1. The lowest BCUT2D eigenvalue weighted by molar-refractivity contribution is 0.0765. The number of rotatable bonds is 5. The third kappa shape index (κ3) is 3.60. The summed E-state index contributed by atoms with van der Waals surface area (Å²) in [6.07, 6.45) is 0.455. The third-order valence-corrected chi connectivity index (χ3v) is 3.84. The zero-order valence-corrected chi connectivity index (χ0v) is 14.4. The van der Waals surface area contributed by atoms with Crippen LogP contribution in [-0.2, 0) is 6.42 Å². The smallest absolute Gasteiger partial charge is 0.289 e. The number of para-hydroxylation sites is 1. The lowest BCUT2D eigenvalue weighted by atomic mass is 10.2. The molecule has 3 aromatic rings. The molecule has 1 amide bonds. The molecule has 2 aromatic heterocycles. The molecule has 130 valence electrons. The van der Waals surface area contributed by atoms with E-state index in [0.717, 1.165) is 0 Å². The van der Waals surface area contributed by atoms with E-state index in [-0.39, 0.29) is 23.0 Å². The third-order valence-electron chi connectivity index (χ3n) is 3.84. The van der Waals surface area contributed by atoms with Crippen LogP contribution in [0.4, 0.5) is 0 Å². The summed E-state index contributed by atoms with van der Waals surface area (Å²) in [6, 6.07) is 8.07. The second-order valence-electron chi connectivity index (χ2n) is 6.15. The summed E-state index contributed by atoms with van der Waals surface area (Å²) in [4.78, 5) is 30.4. The summed E-state index contributed by atoms with van der Waals surface area (Å²) >= 11 is 0. The Labute approximate surface area is 144 Å². The molecule has 0 N–H and O–H groups in total. The van der Waals surface area contributed by atoms with Crippen molar-refractivity contribution in [1.82, 2.24) is 15.0 Å². The highest BCUT2D eigenvalue weighted by Gasteiger charge is 2.18. The largest absolute Gasteiger partial charge is 0.451 e. The standard InChI is InChI=1S/C18H19N3O4/c1-11(2)17-19-16(20-25-17)8-9-21(3)18(23)15-10-13(22)12-6-4-5-7-14(12)24-15/h4-7,10-11H,8-9H2,1-3H3. The molecule has 0 bridgehead atoms. The van der Waals surface area contributed by atoms with E-state index in [9.17, 15) is 9.59 Å². The fourth-order valence-electron chi connectivity index (χ4n) is 2.37. The molecule has 25 heavy (non-hydrogen) atoms. The van der Waals surface area contributed by atoms with Gasteiger partial charge in [-0.3, -0.25) is 9.59 Å². The highest BCUT2D eigenvalue weighted by atomic mass is 16.5. The number of nitrogens with zero attached hydrogens (tertiary/aromatic N) is 3. The fraction of sp³-hybridized carbons (Fsp3) is 0.333. The topological polar surface area (TPSA) is 89.4 Å². The molecule has 0 aliphatic carbocycles. The normalized spacial score (nSPS) is 11.2. The van der Waals surface area contributed by atoms with Crippen molar-refractivity contribution in [3.63, 3.8) is 0 Å². The van der Waals surface area contributed by atoms with Crippen LogP contribution in [0, 0.1) is 0 Å². The molecule has 3 rings (SSSR count). The molecule has 7 heteroatoms. The molecule has 2 heterocycles. The van der Waals surface area contributed by atoms with Crippen LogP contribution < -0.4 is 5.43 Å². The van der Waals surface area contributed by atoms with E-state index in [4.69, 9.17) is 8.94 Å². The molecular formula is C18H19N3O4. The van der Waals surface area contributed by atoms with E-state index >= 15 is 0 Å². The van der Waals surface area contributed by atoms with Crippen LogP contribution in [0.25, 0.3) is 11.0 Å². The van der Waals surface area contributed by atoms with Crippen molar-refractivity contribution in [3.8, 4) is 0 Å². The zero-order valence-electron chi connectivity index (χ0n) is 14.4. The second kappa shape index (κ2) is 6.88. The van der Waals surface area contributed by atoms with Gasteiger partial charge in [0.2, 0.25) is 5.89 Å². The lowest BCUT2D eigenvalue weighted by Gasteiger charge is -2.15. The van der Waals surface area contributed by atoms with Crippen LogP contribution in [0.3, 0.4) is 0 Å². The predicted molar refractivity (Wildman–Crippen MR) is 91.5 cm³/mol. The molecule has 0 saturated carbocycles.